The number of rotatable bonds is 5. The number of imidazole rings is 1. The molecule has 0 spiro atoms. The number of benzene rings is 1. The van der Waals surface area contributed by atoms with Gasteiger partial charge in [0, 0.05) is 6.20 Å². The van der Waals surface area contributed by atoms with Crippen LogP contribution in [0.4, 0.5) is 10.1 Å². The highest BCUT2D eigenvalue weighted by Crippen LogP contribution is 2.25. The Morgan fingerprint density at radius 3 is 2.88 bits per heavy atom. The molecular formula is C18H18FN3O2. The zero-order valence-corrected chi connectivity index (χ0v) is 13.5. The van der Waals surface area contributed by atoms with Crippen LogP contribution in [0.1, 0.15) is 29.5 Å². The van der Waals surface area contributed by atoms with Crippen LogP contribution in [0.5, 0.6) is 5.75 Å². The lowest BCUT2D eigenvalue weighted by Gasteiger charge is -2.12. The molecule has 0 unspecified atom stereocenters. The van der Waals surface area contributed by atoms with E-state index in [1.54, 1.807) is 19.1 Å². The van der Waals surface area contributed by atoms with E-state index in [1.165, 1.54) is 22.7 Å². The fourth-order valence-electron chi connectivity index (χ4n) is 2.50. The summed E-state index contributed by atoms with van der Waals surface area (Å²) in [5, 5.41) is 2.83. The van der Waals surface area contributed by atoms with E-state index >= 15 is 0 Å². The molecule has 0 saturated carbocycles. The van der Waals surface area contributed by atoms with Gasteiger partial charge >= 0.3 is 0 Å². The van der Waals surface area contributed by atoms with Crippen LogP contribution in [0.25, 0.3) is 5.65 Å². The molecular weight excluding hydrogens is 309 g/mol. The minimum atomic E-state index is -0.430. The molecule has 0 fully saturated rings. The Kier molecular flexibility index (Phi) is 4.46. The summed E-state index contributed by atoms with van der Waals surface area (Å²) in [4.78, 5) is 17.0. The molecule has 1 aromatic carbocycles. The number of pyridine rings is 1. The number of nitrogens with one attached hydrogen (secondary N) is 1. The largest absolute Gasteiger partial charge is 0.491 e. The molecule has 0 aliphatic heterocycles. The number of carbonyl (C=O) groups excluding carboxylic acids is 1. The molecule has 0 atom stereocenters. The molecule has 2 aromatic heterocycles. The van der Waals surface area contributed by atoms with Gasteiger partial charge in [-0.15, -0.1) is 0 Å². The van der Waals surface area contributed by atoms with E-state index in [4.69, 9.17) is 4.74 Å². The summed E-state index contributed by atoms with van der Waals surface area (Å²) in [6.07, 6.45) is 2.12. The fourth-order valence-corrected chi connectivity index (χ4v) is 2.50. The first-order chi connectivity index (χ1) is 11.6. The van der Waals surface area contributed by atoms with Gasteiger partial charge in [-0.1, -0.05) is 19.1 Å². The lowest BCUT2D eigenvalue weighted by molar-refractivity contribution is 0.102. The number of hydrogen-bond donors (Lipinski definition) is 1. The number of hydrogen-bond acceptors (Lipinski definition) is 3. The van der Waals surface area contributed by atoms with Gasteiger partial charge < -0.3 is 10.1 Å². The number of carbonyl (C=O) groups is 1. The van der Waals surface area contributed by atoms with Crippen LogP contribution in [-0.2, 0) is 0 Å². The summed E-state index contributed by atoms with van der Waals surface area (Å²) in [5.74, 6) is -0.191. The maximum absolute atomic E-state index is 13.5. The van der Waals surface area contributed by atoms with Crippen molar-refractivity contribution in [2.75, 3.05) is 11.9 Å². The topological polar surface area (TPSA) is 55.6 Å². The second kappa shape index (κ2) is 6.70. The first-order valence-electron chi connectivity index (χ1n) is 7.77. The number of fused-ring (bicyclic) bond motifs is 1. The highest BCUT2D eigenvalue weighted by Gasteiger charge is 2.18. The van der Waals surface area contributed by atoms with Crippen LogP contribution in [0, 0.1) is 12.7 Å². The zero-order valence-electron chi connectivity index (χ0n) is 13.5. The van der Waals surface area contributed by atoms with Gasteiger partial charge in [0.15, 0.2) is 0 Å². The van der Waals surface area contributed by atoms with Gasteiger partial charge in [-0.2, -0.15) is 0 Å². The van der Waals surface area contributed by atoms with Crippen molar-refractivity contribution in [1.29, 1.82) is 0 Å². The third-order valence-electron chi connectivity index (χ3n) is 3.57. The molecule has 3 aromatic rings. The SMILES string of the molecule is CCCOc1ccccc1NC(=O)c1c(C)nc2ccc(F)cn12. The Balaban J connectivity index is 1.94. The molecule has 0 aliphatic rings. The zero-order chi connectivity index (χ0) is 17.1. The van der Waals surface area contributed by atoms with Crippen molar-refractivity contribution >= 4 is 17.2 Å². The van der Waals surface area contributed by atoms with Gasteiger partial charge in [0.1, 0.15) is 22.9 Å². The third-order valence-corrected chi connectivity index (χ3v) is 3.57. The Labute approximate surface area is 139 Å². The minimum absolute atomic E-state index is 0.301. The molecule has 2 heterocycles. The van der Waals surface area contributed by atoms with Gasteiger partial charge in [0.25, 0.3) is 5.91 Å². The summed E-state index contributed by atoms with van der Waals surface area (Å²) in [6.45, 7) is 4.30. The normalized spacial score (nSPS) is 10.8. The summed E-state index contributed by atoms with van der Waals surface area (Å²) < 4.78 is 20.6. The molecule has 124 valence electrons. The van der Waals surface area contributed by atoms with Crippen molar-refractivity contribution in [3.8, 4) is 5.75 Å². The Bertz CT molecular complexity index is 889. The summed E-state index contributed by atoms with van der Waals surface area (Å²) in [6, 6.07) is 10.1. The summed E-state index contributed by atoms with van der Waals surface area (Å²) in [7, 11) is 0. The van der Waals surface area contributed by atoms with Crippen LogP contribution >= 0.6 is 0 Å². The van der Waals surface area contributed by atoms with Gasteiger partial charge in [-0.25, -0.2) is 9.37 Å². The molecule has 24 heavy (non-hydrogen) atoms. The van der Waals surface area contributed by atoms with Gasteiger partial charge in [-0.3, -0.25) is 9.20 Å². The van der Waals surface area contributed by atoms with E-state index in [9.17, 15) is 9.18 Å². The molecule has 5 nitrogen and oxygen atoms in total. The average Bonchev–Trinajstić information content (AvgIpc) is 2.89. The van der Waals surface area contributed by atoms with Crippen LogP contribution in [0.3, 0.4) is 0 Å². The van der Waals surface area contributed by atoms with Crippen molar-refractivity contribution in [2.24, 2.45) is 0 Å². The number of halogens is 1. The molecule has 6 heteroatoms. The van der Waals surface area contributed by atoms with Crippen molar-refractivity contribution in [2.45, 2.75) is 20.3 Å². The standard InChI is InChI=1S/C18H18FN3O2/c1-3-10-24-15-7-5-4-6-14(15)21-18(23)17-12(2)20-16-9-8-13(19)11-22(16)17/h4-9,11H,3,10H2,1-2H3,(H,21,23). The monoisotopic (exact) mass is 327 g/mol. The molecule has 0 aliphatic carbocycles. The maximum atomic E-state index is 13.5. The van der Waals surface area contributed by atoms with Gasteiger partial charge in [0.05, 0.1) is 18.0 Å². The smallest absolute Gasteiger partial charge is 0.274 e. The predicted molar refractivity (Wildman–Crippen MR) is 90.1 cm³/mol. The van der Waals surface area contributed by atoms with E-state index < -0.39 is 5.82 Å². The molecule has 0 radical (unpaired) electrons. The van der Waals surface area contributed by atoms with Crippen LogP contribution < -0.4 is 10.1 Å². The fraction of sp³-hybridized carbons (Fsp3) is 0.222. The highest BCUT2D eigenvalue weighted by atomic mass is 19.1. The number of amides is 1. The van der Waals surface area contributed by atoms with Crippen molar-refractivity contribution in [3.05, 3.63) is 59.8 Å². The molecule has 0 bridgehead atoms. The van der Waals surface area contributed by atoms with Crippen molar-refractivity contribution in [3.63, 3.8) is 0 Å². The number of aryl methyl sites for hydroxylation is 1. The Morgan fingerprint density at radius 1 is 1.29 bits per heavy atom. The van der Waals surface area contributed by atoms with E-state index in [1.807, 2.05) is 19.1 Å². The number of ether oxygens (including phenoxy) is 1. The lowest BCUT2D eigenvalue weighted by Crippen LogP contribution is -2.16. The molecule has 1 amide bonds. The van der Waals surface area contributed by atoms with E-state index in [0.717, 1.165) is 6.42 Å². The number of para-hydroxylation sites is 2. The van der Waals surface area contributed by atoms with Gasteiger partial charge in [0.2, 0.25) is 0 Å². The predicted octanol–water partition coefficient (Wildman–Crippen LogP) is 3.82. The van der Waals surface area contributed by atoms with E-state index in [0.29, 0.717) is 35.1 Å². The highest BCUT2D eigenvalue weighted by molar-refractivity contribution is 6.05. The maximum Gasteiger partial charge on any atom is 0.274 e. The van der Waals surface area contributed by atoms with Crippen molar-refractivity contribution in [1.82, 2.24) is 9.38 Å². The van der Waals surface area contributed by atoms with Gasteiger partial charge in [-0.05, 0) is 37.6 Å². The summed E-state index contributed by atoms with van der Waals surface area (Å²) >= 11 is 0. The van der Waals surface area contributed by atoms with Crippen LogP contribution in [0.15, 0.2) is 42.6 Å². The average molecular weight is 327 g/mol. The van der Waals surface area contributed by atoms with E-state index in [2.05, 4.69) is 10.3 Å². The Morgan fingerprint density at radius 2 is 2.08 bits per heavy atom. The Hall–Kier alpha value is -2.89. The minimum Gasteiger partial charge on any atom is -0.491 e. The second-order valence-electron chi connectivity index (χ2n) is 5.42. The molecule has 0 saturated heterocycles. The van der Waals surface area contributed by atoms with E-state index in [-0.39, 0.29) is 5.91 Å². The number of nitrogens with zero attached hydrogens (tertiary/aromatic N) is 2. The first-order valence-corrected chi connectivity index (χ1v) is 7.77. The summed E-state index contributed by atoms with van der Waals surface area (Å²) in [5.41, 5.74) is 1.93. The van der Waals surface area contributed by atoms with Crippen molar-refractivity contribution < 1.29 is 13.9 Å². The molecule has 1 N–H and O–H groups in total. The van der Waals surface area contributed by atoms with Crippen LogP contribution in [0.2, 0.25) is 0 Å². The number of anilines is 1. The van der Waals surface area contributed by atoms with Crippen LogP contribution in [-0.4, -0.2) is 21.9 Å². The second-order valence-corrected chi connectivity index (χ2v) is 5.42. The first kappa shape index (κ1) is 16.0. The molecule has 3 rings (SSSR count). The lowest BCUT2D eigenvalue weighted by atomic mass is 10.2. The quantitative estimate of drug-likeness (QED) is 0.775. The number of aromatic nitrogens is 2. The third kappa shape index (κ3) is 3.08.